The molecule has 2 aliphatic heterocycles. The lowest BCUT2D eigenvalue weighted by Crippen LogP contribution is -2.43. The van der Waals surface area contributed by atoms with E-state index in [1.165, 1.54) is 0 Å². The zero-order valence-corrected chi connectivity index (χ0v) is 35.0. The standard InChI is InChI=1S/C45H55N3O8.ClH/c1-46(28-32-16-20-47(21-17-32)40(49)14-10-30-8-12-34-26-38(51-2)44(55-6)42(53-4)36(34)24-30)29-33-18-22-48(23-19-33)41(50)15-11-31-9-13-35-27-39(52-3)45(56-7)43(54-5)37(35)25-31;/h8-15,24-27,32-33H,16-23,28-29H2,1-7H3;1H. The van der Waals surface area contributed by atoms with Gasteiger partial charge in [0.15, 0.2) is 23.0 Å². The number of rotatable bonds is 14. The number of carbonyl (C=O) groups is 2. The molecule has 0 bridgehead atoms. The Morgan fingerprint density at radius 1 is 0.579 bits per heavy atom. The van der Waals surface area contributed by atoms with E-state index in [1.54, 1.807) is 54.8 Å². The highest BCUT2D eigenvalue weighted by Gasteiger charge is 2.26. The van der Waals surface area contributed by atoms with E-state index in [2.05, 4.69) is 11.9 Å². The molecule has 0 aliphatic carbocycles. The molecular formula is C45H56ClN3O8. The summed E-state index contributed by atoms with van der Waals surface area (Å²) < 4.78 is 33.4. The van der Waals surface area contributed by atoms with Crippen LogP contribution in [0.25, 0.3) is 33.7 Å². The molecule has 2 heterocycles. The van der Waals surface area contributed by atoms with Gasteiger partial charge in [0.2, 0.25) is 23.3 Å². The number of piperidine rings is 2. The van der Waals surface area contributed by atoms with Crippen molar-refractivity contribution in [1.82, 2.24) is 14.7 Å². The minimum atomic E-state index is 0. The lowest BCUT2D eigenvalue weighted by molar-refractivity contribution is -0.128. The van der Waals surface area contributed by atoms with Crippen LogP contribution >= 0.6 is 12.4 Å². The summed E-state index contributed by atoms with van der Waals surface area (Å²) in [6.45, 7) is 5.06. The zero-order valence-electron chi connectivity index (χ0n) is 34.2. The number of likely N-dealkylation sites (tertiary alicyclic amines) is 2. The van der Waals surface area contributed by atoms with Crippen molar-refractivity contribution in [3.63, 3.8) is 0 Å². The number of methoxy groups -OCH3 is 6. The molecule has 0 unspecified atom stereocenters. The number of nitrogens with zero attached hydrogens (tertiary/aromatic N) is 3. The van der Waals surface area contributed by atoms with Gasteiger partial charge in [0.25, 0.3) is 0 Å². The van der Waals surface area contributed by atoms with Gasteiger partial charge in [-0.05, 0) is 103 Å². The Kier molecular flexibility index (Phi) is 15.0. The molecule has 4 aromatic rings. The Labute approximate surface area is 342 Å². The largest absolute Gasteiger partial charge is 0.493 e. The van der Waals surface area contributed by atoms with Crippen LogP contribution in [-0.2, 0) is 9.59 Å². The van der Waals surface area contributed by atoms with Gasteiger partial charge in [0, 0.05) is 62.2 Å². The third-order valence-corrected chi connectivity index (χ3v) is 11.2. The minimum Gasteiger partial charge on any atom is -0.493 e. The van der Waals surface area contributed by atoms with E-state index in [1.807, 2.05) is 70.5 Å². The molecule has 0 radical (unpaired) electrons. The van der Waals surface area contributed by atoms with Crippen LogP contribution in [-0.4, -0.2) is 115 Å². The second-order valence-corrected chi connectivity index (χ2v) is 14.7. The molecule has 0 aromatic heterocycles. The summed E-state index contributed by atoms with van der Waals surface area (Å²) in [5.41, 5.74) is 1.82. The molecule has 6 rings (SSSR count). The predicted octanol–water partition coefficient (Wildman–Crippen LogP) is 7.60. The van der Waals surface area contributed by atoms with E-state index in [9.17, 15) is 9.59 Å². The van der Waals surface area contributed by atoms with Gasteiger partial charge in [0.05, 0.1) is 42.7 Å². The molecule has 0 N–H and O–H groups in total. The fraction of sp³-hybridized carbons (Fsp3) is 0.422. The van der Waals surface area contributed by atoms with Crippen LogP contribution < -0.4 is 28.4 Å². The smallest absolute Gasteiger partial charge is 0.246 e. The van der Waals surface area contributed by atoms with Crippen molar-refractivity contribution in [3.8, 4) is 34.5 Å². The molecule has 2 fully saturated rings. The first-order chi connectivity index (χ1) is 27.2. The molecule has 0 saturated carbocycles. The highest BCUT2D eigenvalue weighted by Crippen LogP contribution is 2.45. The number of amides is 2. The Morgan fingerprint density at radius 2 is 0.947 bits per heavy atom. The third-order valence-electron chi connectivity index (χ3n) is 11.2. The molecule has 0 spiro atoms. The van der Waals surface area contributed by atoms with Crippen molar-refractivity contribution in [1.29, 1.82) is 0 Å². The second kappa shape index (κ2) is 19.8. The maximum absolute atomic E-state index is 13.2. The molecule has 2 saturated heterocycles. The maximum atomic E-state index is 13.2. The molecule has 0 atom stereocenters. The van der Waals surface area contributed by atoms with E-state index < -0.39 is 0 Å². The average molecular weight is 802 g/mol. The third kappa shape index (κ3) is 9.88. The van der Waals surface area contributed by atoms with Gasteiger partial charge in [-0.1, -0.05) is 24.3 Å². The first kappa shape index (κ1) is 43.0. The molecule has 2 aliphatic rings. The highest BCUT2D eigenvalue weighted by atomic mass is 35.5. The van der Waals surface area contributed by atoms with Crippen molar-refractivity contribution in [3.05, 3.63) is 71.8 Å². The summed E-state index contributed by atoms with van der Waals surface area (Å²) in [7, 11) is 11.8. The van der Waals surface area contributed by atoms with E-state index >= 15 is 0 Å². The molecule has 57 heavy (non-hydrogen) atoms. The summed E-state index contributed by atoms with van der Waals surface area (Å²) in [6, 6.07) is 15.8. The van der Waals surface area contributed by atoms with Crippen molar-refractivity contribution < 1.29 is 38.0 Å². The molecule has 11 nitrogen and oxygen atoms in total. The minimum absolute atomic E-state index is 0. The number of halogens is 1. The average Bonchev–Trinajstić information content (AvgIpc) is 3.23. The first-order valence-corrected chi connectivity index (χ1v) is 19.3. The Bertz CT molecular complexity index is 1940. The Hall–Kier alpha value is -5.13. The first-order valence-electron chi connectivity index (χ1n) is 19.3. The van der Waals surface area contributed by atoms with Crippen LogP contribution in [0.2, 0.25) is 0 Å². The molecule has 12 heteroatoms. The number of fused-ring (bicyclic) bond motifs is 2. The zero-order chi connectivity index (χ0) is 39.8. The van der Waals surface area contributed by atoms with Crippen LogP contribution in [0.3, 0.4) is 0 Å². The van der Waals surface area contributed by atoms with E-state index in [4.69, 9.17) is 28.4 Å². The molecule has 4 aromatic carbocycles. The number of hydrogen-bond acceptors (Lipinski definition) is 9. The highest BCUT2D eigenvalue weighted by molar-refractivity contribution is 5.98. The number of carbonyl (C=O) groups excluding carboxylic acids is 2. The van der Waals surface area contributed by atoms with Crippen LogP contribution in [0.4, 0.5) is 0 Å². The lowest BCUT2D eigenvalue weighted by Gasteiger charge is -2.36. The van der Waals surface area contributed by atoms with Crippen LogP contribution in [0.5, 0.6) is 34.5 Å². The van der Waals surface area contributed by atoms with Gasteiger partial charge in [0.1, 0.15) is 0 Å². The fourth-order valence-corrected chi connectivity index (χ4v) is 8.15. The van der Waals surface area contributed by atoms with Crippen molar-refractivity contribution in [2.45, 2.75) is 25.7 Å². The number of ether oxygens (including phenoxy) is 6. The summed E-state index contributed by atoms with van der Waals surface area (Å²) in [5.74, 6) is 4.67. The van der Waals surface area contributed by atoms with Gasteiger partial charge in [-0.15, -0.1) is 12.4 Å². The van der Waals surface area contributed by atoms with Gasteiger partial charge in [-0.2, -0.15) is 0 Å². The summed E-state index contributed by atoms with van der Waals surface area (Å²) in [4.78, 5) is 32.7. The van der Waals surface area contributed by atoms with Gasteiger partial charge >= 0.3 is 0 Å². The van der Waals surface area contributed by atoms with Gasteiger partial charge < -0.3 is 43.1 Å². The van der Waals surface area contributed by atoms with Crippen molar-refractivity contribution >= 4 is 57.9 Å². The van der Waals surface area contributed by atoms with E-state index in [0.717, 1.165) is 97.6 Å². The summed E-state index contributed by atoms with van der Waals surface area (Å²) in [5, 5.41) is 3.70. The lowest BCUT2D eigenvalue weighted by atomic mass is 9.93. The number of benzene rings is 4. The van der Waals surface area contributed by atoms with E-state index in [0.29, 0.717) is 46.3 Å². The van der Waals surface area contributed by atoms with Crippen molar-refractivity contribution in [2.75, 3.05) is 89.0 Å². The fourth-order valence-electron chi connectivity index (χ4n) is 8.15. The normalized spacial score (nSPS) is 15.4. The van der Waals surface area contributed by atoms with Crippen molar-refractivity contribution in [2.24, 2.45) is 11.8 Å². The van der Waals surface area contributed by atoms with Gasteiger partial charge in [-0.25, -0.2) is 0 Å². The molecular weight excluding hydrogens is 746 g/mol. The van der Waals surface area contributed by atoms with Crippen LogP contribution in [0.15, 0.2) is 60.7 Å². The second-order valence-electron chi connectivity index (χ2n) is 14.7. The van der Waals surface area contributed by atoms with Crippen LogP contribution in [0, 0.1) is 11.8 Å². The maximum Gasteiger partial charge on any atom is 0.246 e. The topological polar surface area (TPSA) is 99.2 Å². The summed E-state index contributed by atoms with van der Waals surface area (Å²) in [6.07, 6.45) is 11.0. The molecule has 306 valence electrons. The number of hydrogen-bond donors (Lipinski definition) is 0. The molecule has 2 amide bonds. The quantitative estimate of drug-likeness (QED) is 0.119. The summed E-state index contributed by atoms with van der Waals surface area (Å²) >= 11 is 0. The monoisotopic (exact) mass is 801 g/mol. The van der Waals surface area contributed by atoms with Crippen LogP contribution in [0.1, 0.15) is 36.8 Å². The Morgan fingerprint density at radius 3 is 1.28 bits per heavy atom. The Balaban J connectivity index is 0.00000620. The predicted molar refractivity (Wildman–Crippen MR) is 229 cm³/mol. The van der Waals surface area contributed by atoms with E-state index in [-0.39, 0.29) is 24.2 Å². The van der Waals surface area contributed by atoms with Gasteiger partial charge in [-0.3, -0.25) is 9.59 Å². The SMILES string of the molecule is COc1cc2ccc(C=CC(=O)N3CCC(CN(C)CC4CCN(C(=O)C=Cc5ccc6cc(OC)c(OC)c(OC)c6c5)CC4)CC3)cc2c(OC)c1OC.Cl.